The van der Waals surface area contributed by atoms with Crippen LogP contribution in [0.1, 0.15) is 43.4 Å². The molecule has 0 heterocycles. The lowest BCUT2D eigenvalue weighted by molar-refractivity contribution is -0.121. The van der Waals surface area contributed by atoms with Gasteiger partial charge in [0.25, 0.3) is 0 Å². The van der Waals surface area contributed by atoms with Gasteiger partial charge in [0.2, 0.25) is 15.9 Å². The van der Waals surface area contributed by atoms with E-state index in [4.69, 9.17) is 4.74 Å². The number of aryl methyl sites for hydroxylation is 1. The first-order chi connectivity index (χ1) is 14.1. The lowest BCUT2D eigenvalue weighted by Crippen LogP contribution is -2.32. The minimum absolute atomic E-state index is 0.105. The first-order valence-corrected chi connectivity index (χ1v) is 12.0. The van der Waals surface area contributed by atoms with Gasteiger partial charge in [-0.1, -0.05) is 24.3 Å². The van der Waals surface area contributed by atoms with E-state index in [9.17, 15) is 13.2 Å². The number of amides is 1. The van der Waals surface area contributed by atoms with Gasteiger partial charge < -0.3 is 10.1 Å². The molecule has 0 atom stereocenters. The normalized spacial score (nSPS) is 11.4. The van der Waals surface area contributed by atoms with Crippen LogP contribution in [0.2, 0.25) is 0 Å². The van der Waals surface area contributed by atoms with Crippen molar-refractivity contribution in [3.05, 3.63) is 59.2 Å². The molecule has 0 aromatic heterocycles. The van der Waals surface area contributed by atoms with Gasteiger partial charge in [0.15, 0.2) is 0 Å². The fourth-order valence-electron chi connectivity index (χ4n) is 3.10. The van der Waals surface area contributed by atoms with Crippen molar-refractivity contribution in [2.24, 2.45) is 0 Å². The van der Waals surface area contributed by atoms with E-state index in [2.05, 4.69) is 5.32 Å². The first-order valence-electron chi connectivity index (χ1n) is 10.1. The van der Waals surface area contributed by atoms with Crippen molar-refractivity contribution in [1.82, 2.24) is 5.32 Å². The second-order valence-corrected chi connectivity index (χ2v) is 9.65. The highest BCUT2D eigenvalue weighted by Crippen LogP contribution is 2.25. The number of hydrogen-bond donors (Lipinski definition) is 1. The number of nitrogens with zero attached hydrogens (tertiary/aromatic N) is 1. The number of anilines is 1. The molecule has 164 valence electrons. The number of hydrogen-bond acceptors (Lipinski definition) is 4. The Kier molecular flexibility index (Phi) is 8.29. The second-order valence-electron chi connectivity index (χ2n) is 7.75. The molecule has 2 aromatic rings. The molecule has 1 N–H and O–H groups in total. The molecular formula is C23H32N2O4S. The SMILES string of the molecule is Cc1cccc(N(CCCC(=O)NCc2ccc(OC(C)C)cc2)S(C)(=O)=O)c1C. The molecule has 0 aliphatic rings. The zero-order chi connectivity index (χ0) is 22.3. The van der Waals surface area contributed by atoms with Crippen molar-refractivity contribution in [3.63, 3.8) is 0 Å². The fraction of sp³-hybridized carbons (Fsp3) is 0.435. The van der Waals surface area contributed by atoms with E-state index in [1.54, 1.807) is 6.07 Å². The fourth-order valence-corrected chi connectivity index (χ4v) is 4.12. The number of carbonyl (C=O) groups is 1. The van der Waals surface area contributed by atoms with Crippen LogP contribution in [0.25, 0.3) is 0 Å². The van der Waals surface area contributed by atoms with Crippen LogP contribution in [0.3, 0.4) is 0 Å². The van der Waals surface area contributed by atoms with Gasteiger partial charge in [-0.05, 0) is 69.0 Å². The van der Waals surface area contributed by atoms with E-state index in [1.165, 1.54) is 10.6 Å². The van der Waals surface area contributed by atoms with Crippen molar-refractivity contribution in [2.75, 3.05) is 17.1 Å². The van der Waals surface area contributed by atoms with E-state index in [0.717, 1.165) is 22.4 Å². The zero-order valence-electron chi connectivity index (χ0n) is 18.4. The molecule has 0 radical (unpaired) electrons. The molecule has 0 saturated heterocycles. The molecule has 0 aliphatic heterocycles. The molecule has 0 spiro atoms. The smallest absolute Gasteiger partial charge is 0.232 e. The van der Waals surface area contributed by atoms with Crippen LogP contribution < -0.4 is 14.4 Å². The van der Waals surface area contributed by atoms with E-state index in [1.807, 2.05) is 64.1 Å². The van der Waals surface area contributed by atoms with E-state index < -0.39 is 10.0 Å². The Morgan fingerprint density at radius 2 is 1.77 bits per heavy atom. The summed E-state index contributed by atoms with van der Waals surface area (Å²) in [5.74, 6) is 0.694. The summed E-state index contributed by atoms with van der Waals surface area (Å²) in [6.07, 6.45) is 2.01. The van der Waals surface area contributed by atoms with Crippen molar-refractivity contribution >= 4 is 21.6 Å². The average molecular weight is 433 g/mol. The molecule has 0 saturated carbocycles. The molecule has 2 aromatic carbocycles. The highest BCUT2D eigenvalue weighted by Gasteiger charge is 2.19. The lowest BCUT2D eigenvalue weighted by atomic mass is 10.1. The summed E-state index contributed by atoms with van der Waals surface area (Å²) in [6.45, 7) is 8.49. The molecule has 0 aliphatic carbocycles. The van der Waals surface area contributed by atoms with Crippen LogP contribution >= 0.6 is 0 Å². The summed E-state index contributed by atoms with van der Waals surface area (Å²) < 4.78 is 31.6. The zero-order valence-corrected chi connectivity index (χ0v) is 19.3. The molecule has 0 unspecified atom stereocenters. The molecule has 0 fully saturated rings. The summed E-state index contributed by atoms with van der Waals surface area (Å²) in [5.41, 5.74) is 3.61. The largest absolute Gasteiger partial charge is 0.491 e. The number of ether oxygens (including phenoxy) is 1. The Morgan fingerprint density at radius 1 is 1.10 bits per heavy atom. The van der Waals surface area contributed by atoms with Crippen molar-refractivity contribution in [2.45, 2.75) is 53.2 Å². The van der Waals surface area contributed by atoms with Gasteiger partial charge in [-0.3, -0.25) is 9.10 Å². The topological polar surface area (TPSA) is 75.7 Å². The van der Waals surface area contributed by atoms with Gasteiger partial charge in [0.05, 0.1) is 18.0 Å². The van der Waals surface area contributed by atoms with Crippen LogP contribution in [0.4, 0.5) is 5.69 Å². The van der Waals surface area contributed by atoms with Crippen LogP contribution in [-0.2, 0) is 21.4 Å². The molecule has 1 amide bonds. The van der Waals surface area contributed by atoms with Gasteiger partial charge in [-0.15, -0.1) is 0 Å². The Morgan fingerprint density at radius 3 is 2.37 bits per heavy atom. The van der Waals surface area contributed by atoms with Crippen LogP contribution in [-0.4, -0.2) is 33.2 Å². The summed E-state index contributed by atoms with van der Waals surface area (Å²) in [6, 6.07) is 13.2. The maximum Gasteiger partial charge on any atom is 0.232 e. The van der Waals surface area contributed by atoms with Gasteiger partial charge in [-0.2, -0.15) is 0 Å². The quantitative estimate of drug-likeness (QED) is 0.617. The van der Waals surface area contributed by atoms with Gasteiger partial charge in [0.1, 0.15) is 5.75 Å². The van der Waals surface area contributed by atoms with Crippen LogP contribution in [0.5, 0.6) is 5.75 Å². The predicted octanol–water partition coefficient (Wildman–Crippen LogP) is 3.95. The highest BCUT2D eigenvalue weighted by atomic mass is 32.2. The number of nitrogens with one attached hydrogen (secondary N) is 1. The predicted molar refractivity (Wildman–Crippen MR) is 121 cm³/mol. The summed E-state index contributed by atoms with van der Waals surface area (Å²) in [4.78, 5) is 12.2. The van der Waals surface area contributed by atoms with E-state index in [-0.39, 0.29) is 25.0 Å². The van der Waals surface area contributed by atoms with Crippen LogP contribution in [0.15, 0.2) is 42.5 Å². The van der Waals surface area contributed by atoms with E-state index in [0.29, 0.717) is 18.7 Å². The average Bonchev–Trinajstić information content (AvgIpc) is 2.66. The monoisotopic (exact) mass is 432 g/mol. The minimum atomic E-state index is -3.43. The molecule has 2 rings (SSSR count). The third-order valence-corrected chi connectivity index (χ3v) is 5.97. The van der Waals surface area contributed by atoms with Gasteiger partial charge in [0, 0.05) is 19.5 Å². The second kappa shape index (κ2) is 10.5. The Balaban J connectivity index is 1.88. The van der Waals surface area contributed by atoms with Crippen molar-refractivity contribution in [1.29, 1.82) is 0 Å². The number of sulfonamides is 1. The Hall–Kier alpha value is -2.54. The summed E-state index contributed by atoms with van der Waals surface area (Å²) in [7, 11) is -3.43. The van der Waals surface area contributed by atoms with Gasteiger partial charge >= 0.3 is 0 Å². The Bertz CT molecular complexity index is 954. The molecule has 0 bridgehead atoms. The lowest BCUT2D eigenvalue weighted by Gasteiger charge is -2.24. The standard InChI is InChI=1S/C23H32N2O4S/c1-17(2)29-21-13-11-20(12-14-21)16-24-23(26)10-7-15-25(30(5,27)28)22-9-6-8-18(3)19(22)4/h6,8-9,11-14,17H,7,10,15-16H2,1-5H3,(H,24,26). The molecule has 6 nitrogen and oxygen atoms in total. The summed E-state index contributed by atoms with van der Waals surface area (Å²) in [5, 5.41) is 2.88. The maximum atomic E-state index is 12.3. The first kappa shape index (κ1) is 23.7. The van der Waals surface area contributed by atoms with E-state index >= 15 is 0 Å². The minimum Gasteiger partial charge on any atom is -0.491 e. The summed E-state index contributed by atoms with van der Waals surface area (Å²) >= 11 is 0. The third kappa shape index (κ3) is 7.06. The maximum absolute atomic E-state index is 12.3. The number of benzene rings is 2. The van der Waals surface area contributed by atoms with Gasteiger partial charge in [-0.25, -0.2) is 8.42 Å². The Labute approximate surface area is 180 Å². The van der Waals surface area contributed by atoms with Crippen molar-refractivity contribution in [3.8, 4) is 5.75 Å². The van der Waals surface area contributed by atoms with Crippen molar-refractivity contribution < 1.29 is 17.9 Å². The third-order valence-electron chi connectivity index (χ3n) is 4.79. The highest BCUT2D eigenvalue weighted by molar-refractivity contribution is 7.92. The molecule has 30 heavy (non-hydrogen) atoms. The molecule has 7 heteroatoms. The molecular weight excluding hydrogens is 400 g/mol. The van der Waals surface area contributed by atoms with Crippen LogP contribution in [0, 0.1) is 13.8 Å². The number of rotatable bonds is 10. The number of carbonyl (C=O) groups excluding carboxylic acids is 1.